The number of hydrogen-bond donors (Lipinski definition) is 0. The number of benzene rings is 2. The number of amides is 1. The average Bonchev–Trinajstić information content (AvgIpc) is 2.66. The van der Waals surface area contributed by atoms with Gasteiger partial charge in [-0.2, -0.15) is 5.10 Å². The van der Waals surface area contributed by atoms with E-state index >= 15 is 0 Å². The van der Waals surface area contributed by atoms with Gasteiger partial charge in [-0.15, -0.1) is 13.2 Å². The molecular formula is C20H18F3N3O3. The lowest BCUT2D eigenvalue weighted by Crippen LogP contribution is -2.35. The smallest absolute Gasteiger partial charge is 0.405 e. The molecule has 29 heavy (non-hydrogen) atoms. The molecule has 0 fully saturated rings. The Kier molecular flexibility index (Phi) is 5.58. The molecule has 3 aromatic rings. The molecule has 0 spiro atoms. The van der Waals surface area contributed by atoms with E-state index < -0.39 is 17.8 Å². The standard InChI is InChI=1S/C20H18F3N3O3/c1-13-15-8-4-5-9-16(15)19(28)26(24-13)12-18(27)25(2)11-14-7-3-6-10-17(14)29-20(21,22)23/h3-10H,11-12H2,1-2H3. The largest absolute Gasteiger partial charge is 0.573 e. The number of fused-ring (bicyclic) bond motifs is 1. The summed E-state index contributed by atoms with van der Waals surface area (Å²) in [6.07, 6.45) is -4.83. The fourth-order valence-electron chi connectivity index (χ4n) is 2.96. The van der Waals surface area contributed by atoms with Crippen molar-refractivity contribution in [3.63, 3.8) is 0 Å². The van der Waals surface area contributed by atoms with Gasteiger partial charge in [0.2, 0.25) is 5.91 Å². The van der Waals surface area contributed by atoms with E-state index in [-0.39, 0.29) is 24.4 Å². The van der Waals surface area contributed by atoms with Crippen LogP contribution in [0.4, 0.5) is 13.2 Å². The third kappa shape index (κ3) is 4.74. The highest BCUT2D eigenvalue weighted by atomic mass is 19.4. The number of carbonyl (C=O) groups excluding carboxylic acids is 1. The Morgan fingerprint density at radius 1 is 1.10 bits per heavy atom. The number of alkyl halides is 3. The van der Waals surface area contributed by atoms with Crippen molar-refractivity contribution in [3.8, 4) is 5.75 Å². The van der Waals surface area contributed by atoms with Gasteiger partial charge in [0.1, 0.15) is 12.3 Å². The van der Waals surface area contributed by atoms with Crippen molar-refractivity contribution in [2.75, 3.05) is 7.05 Å². The minimum atomic E-state index is -4.83. The topological polar surface area (TPSA) is 64.4 Å². The fraction of sp³-hybridized carbons (Fsp3) is 0.250. The zero-order valence-electron chi connectivity index (χ0n) is 15.7. The minimum Gasteiger partial charge on any atom is -0.405 e. The molecule has 6 nitrogen and oxygen atoms in total. The molecule has 0 atom stereocenters. The molecule has 3 rings (SSSR count). The van der Waals surface area contributed by atoms with Crippen molar-refractivity contribution in [3.05, 3.63) is 70.1 Å². The van der Waals surface area contributed by atoms with Crippen molar-refractivity contribution in [1.29, 1.82) is 0 Å². The maximum absolute atomic E-state index is 12.6. The van der Waals surface area contributed by atoms with Gasteiger partial charge < -0.3 is 9.64 Å². The molecule has 2 aromatic carbocycles. The lowest BCUT2D eigenvalue weighted by atomic mass is 10.1. The number of carbonyl (C=O) groups is 1. The van der Waals surface area contributed by atoms with Gasteiger partial charge in [0.25, 0.3) is 5.56 Å². The molecule has 0 aliphatic heterocycles. The third-order valence-corrected chi connectivity index (χ3v) is 4.37. The van der Waals surface area contributed by atoms with Gasteiger partial charge in [-0.25, -0.2) is 4.68 Å². The van der Waals surface area contributed by atoms with Gasteiger partial charge in [0.05, 0.1) is 11.1 Å². The van der Waals surface area contributed by atoms with Crippen molar-refractivity contribution >= 4 is 16.7 Å². The van der Waals surface area contributed by atoms with Crippen LogP contribution in [0, 0.1) is 6.92 Å². The van der Waals surface area contributed by atoms with Gasteiger partial charge in [0, 0.05) is 24.5 Å². The Balaban J connectivity index is 1.80. The molecule has 0 saturated carbocycles. The van der Waals surface area contributed by atoms with E-state index in [1.54, 1.807) is 37.3 Å². The molecule has 0 aliphatic rings. The molecule has 0 radical (unpaired) electrons. The van der Waals surface area contributed by atoms with Crippen molar-refractivity contribution in [1.82, 2.24) is 14.7 Å². The summed E-state index contributed by atoms with van der Waals surface area (Å²) in [7, 11) is 1.44. The van der Waals surface area contributed by atoms with E-state index in [2.05, 4.69) is 9.84 Å². The monoisotopic (exact) mass is 405 g/mol. The van der Waals surface area contributed by atoms with E-state index in [1.807, 2.05) is 0 Å². The lowest BCUT2D eigenvalue weighted by molar-refractivity contribution is -0.275. The summed E-state index contributed by atoms with van der Waals surface area (Å²) >= 11 is 0. The first-order valence-electron chi connectivity index (χ1n) is 8.70. The second-order valence-electron chi connectivity index (χ2n) is 6.50. The van der Waals surface area contributed by atoms with Gasteiger partial charge in [-0.1, -0.05) is 36.4 Å². The zero-order valence-corrected chi connectivity index (χ0v) is 15.7. The quantitative estimate of drug-likeness (QED) is 0.654. The Labute approximate surface area is 164 Å². The predicted molar refractivity (Wildman–Crippen MR) is 100 cm³/mol. The number of aryl methyl sites for hydroxylation is 1. The second kappa shape index (κ2) is 7.94. The summed E-state index contributed by atoms with van der Waals surface area (Å²) < 4.78 is 42.8. The Bertz CT molecular complexity index is 1110. The van der Waals surface area contributed by atoms with Crippen LogP contribution < -0.4 is 10.3 Å². The number of hydrogen-bond acceptors (Lipinski definition) is 4. The van der Waals surface area contributed by atoms with Crippen LogP contribution in [0.2, 0.25) is 0 Å². The lowest BCUT2D eigenvalue weighted by Gasteiger charge is -2.20. The minimum absolute atomic E-state index is 0.119. The van der Waals surface area contributed by atoms with Gasteiger partial charge >= 0.3 is 6.36 Å². The Hall–Kier alpha value is -3.36. The maximum atomic E-state index is 12.6. The summed E-state index contributed by atoms with van der Waals surface area (Å²) in [5.74, 6) is -0.854. The normalized spacial score (nSPS) is 11.5. The Morgan fingerprint density at radius 3 is 2.41 bits per heavy atom. The zero-order chi connectivity index (χ0) is 21.2. The van der Waals surface area contributed by atoms with Crippen LogP contribution >= 0.6 is 0 Å². The van der Waals surface area contributed by atoms with Gasteiger partial charge in [-0.05, 0) is 19.1 Å². The van der Waals surface area contributed by atoms with E-state index in [0.717, 1.165) is 4.68 Å². The highest BCUT2D eigenvalue weighted by Gasteiger charge is 2.32. The number of likely N-dealkylation sites (N-methyl/N-ethyl adjacent to an activating group) is 1. The van der Waals surface area contributed by atoms with E-state index in [9.17, 15) is 22.8 Å². The highest BCUT2D eigenvalue weighted by molar-refractivity contribution is 5.83. The van der Waals surface area contributed by atoms with Gasteiger partial charge in [-0.3, -0.25) is 9.59 Å². The van der Waals surface area contributed by atoms with E-state index in [1.165, 1.54) is 30.1 Å². The van der Waals surface area contributed by atoms with Crippen molar-refractivity contribution in [2.45, 2.75) is 26.4 Å². The van der Waals surface area contributed by atoms with Crippen molar-refractivity contribution in [2.24, 2.45) is 0 Å². The molecule has 0 bridgehead atoms. The average molecular weight is 405 g/mol. The summed E-state index contributed by atoms with van der Waals surface area (Å²) in [5.41, 5.74) is 0.379. The highest BCUT2D eigenvalue weighted by Crippen LogP contribution is 2.27. The second-order valence-corrected chi connectivity index (χ2v) is 6.50. The number of ether oxygens (including phenoxy) is 1. The van der Waals surface area contributed by atoms with E-state index in [4.69, 9.17) is 0 Å². The molecule has 0 aliphatic carbocycles. The molecule has 1 amide bonds. The maximum Gasteiger partial charge on any atom is 0.573 e. The summed E-state index contributed by atoms with van der Waals surface area (Å²) in [6.45, 7) is 1.28. The van der Waals surface area contributed by atoms with Crippen LogP contribution in [0.25, 0.3) is 10.8 Å². The SMILES string of the molecule is Cc1nn(CC(=O)N(C)Cc2ccccc2OC(F)(F)F)c(=O)c2ccccc12. The van der Waals surface area contributed by atoms with Crippen LogP contribution in [0.1, 0.15) is 11.3 Å². The first-order chi connectivity index (χ1) is 13.7. The van der Waals surface area contributed by atoms with Crippen LogP contribution in [0.3, 0.4) is 0 Å². The number of rotatable bonds is 5. The summed E-state index contributed by atoms with van der Waals surface area (Å²) in [4.78, 5) is 26.4. The molecule has 9 heteroatoms. The molecule has 1 aromatic heterocycles. The number of halogens is 3. The third-order valence-electron chi connectivity index (χ3n) is 4.37. The number of nitrogens with zero attached hydrogens (tertiary/aromatic N) is 3. The molecule has 1 heterocycles. The Morgan fingerprint density at radius 2 is 1.72 bits per heavy atom. The summed E-state index contributed by atoms with van der Waals surface area (Å²) in [6, 6.07) is 12.5. The first kappa shape index (κ1) is 20.4. The predicted octanol–water partition coefficient (Wildman–Crippen LogP) is 3.26. The van der Waals surface area contributed by atoms with E-state index in [0.29, 0.717) is 16.5 Å². The first-order valence-corrected chi connectivity index (χ1v) is 8.70. The molecule has 152 valence electrons. The molecule has 0 N–H and O–H groups in total. The van der Waals surface area contributed by atoms with Crippen LogP contribution in [-0.4, -0.2) is 34.0 Å². The van der Waals surface area contributed by atoms with Crippen LogP contribution in [0.15, 0.2) is 53.3 Å². The number of aromatic nitrogens is 2. The number of para-hydroxylation sites is 1. The van der Waals surface area contributed by atoms with Gasteiger partial charge in [0.15, 0.2) is 0 Å². The van der Waals surface area contributed by atoms with Crippen LogP contribution in [-0.2, 0) is 17.9 Å². The van der Waals surface area contributed by atoms with Crippen LogP contribution in [0.5, 0.6) is 5.75 Å². The fourth-order valence-corrected chi connectivity index (χ4v) is 2.96. The molecule has 0 unspecified atom stereocenters. The molecular weight excluding hydrogens is 387 g/mol. The molecule has 0 saturated heterocycles. The van der Waals surface area contributed by atoms with Crippen molar-refractivity contribution < 1.29 is 22.7 Å². The summed E-state index contributed by atoms with van der Waals surface area (Å²) in [5, 5.41) is 5.33.